The third-order valence-electron chi connectivity index (χ3n) is 2.57. The van der Waals surface area contributed by atoms with E-state index in [1.807, 2.05) is 0 Å². The number of nitrogens with two attached hydrogens (primary N) is 1. The molecule has 5 nitrogen and oxygen atoms in total. The maximum absolute atomic E-state index is 12.1. The molecule has 0 spiro atoms. The average molecular weight is 254 g/mol. The number of nitrogen functional groups attached to an aromatic ring is 1. The summed E-state index contributed by atoms with van der Waals surface area (Å²) in [7, 11) is 0. The zero-order chi connectivity index (χ0) is 12.4. The van der Waals surface area contributed by atoms with Crippen LogP contribution in [0, 0.1) is 0 Å². The SMILES string of the molecule is Nc1ccc(C(=O)N2CCNC(=O)C2)cc1Cl. The van der Waals surface area contributed by atoms with Gasteiger partial charge in [-0.1, -0.05) is 11.6 Å². The minimum atomic E-state index is -0.207. The summed E-state index contributed by atoms with van der Waals surface area (Å²) in [5.41, 5.74) is 6.44. The topological polar surface area (TPSA) is 75.4 Å². The van der Waals surface area contributed by atoms with Crippen molar-refractivity contribution >= 4 is 29.1 Å². The normalized spacial score (nSPS) is 15.6. The molecule has 1 aromatic carbocycles. The summed E-state index contributed by atoms with van der Waals surface area (Å²) in [6.07, 6.45) is 0. The summed E-state index contributed by atoms with van der Waals surface area (Å²) in [5, 5.41) is 3.00. The first-order valence-electron chi connectivity index (χ1n) is 5.19. The van der Waals surface area contributed by atoms with Crippen LogP contribution >= 0.6 is 11.6 Å². The summed E-state index contributed by atoms with van der Waals surface area (Å²) < 4.78 is 0. The fraction of sp³-hybridized carbons (Fsp3) is 0.273. The van der Waals surface area contributed by atoms with E-state index >= 15 is 0 Å². The molecule has 0 radical (unpaired) electrons. The Balaban J connectivity index is 2.18. The van der Waals surface area contributed by atoms with Gasteiger partial charge in [0.15, 0.2) is 0 Å². The van der Waals surface area contributed by atoms with Gasteiger partial charge in [0.1, 0.15) is 0 Å². The second-order valence-electron chi connectivity index (χ2n) is 3.81. The zero-order valence-electron chi connectivity index (χ0n) is 9.07. The highest BCUT2D eigenvalue weighted by atomic mass is 35.5. The summed E-state index contributed by atoms with van der Waals surface area (Å²) in [5.74, 6) is -0.354. The molecule has 90 valence electrons. The first kappa shape index (κ1) is 11.7. The third-order valence-corrected chi connectivity index (χ3v) is 2.90. The molecule has 0 aromatic heterocycles. The summed E-state index contributed by atoms with van der Waals surface area (Å²) in [6, 6.07) is 4.71. The molecule has 2 rings (SSSR count). The molecular formula is C11H12ClN3O2. The number of anilines is 1. The van der Waals surface area contributed by atoms with Crippen LogP contribution in [0.25, 0.3) is 0 Å². The van der Waals surface area contributed by atoms with Gasteiger partial charge in [-0.25, -0.2) is 0 Å². The van der Waals surface area contributed by atoms with Crippen LogP contribution in [0.5, 0.6) is 0 Å². The van der Waals surface area contributed by atoms with Gasteiger partial charge in [0.2, 0.25) is 5.91 Å². The van der Waals surface area contributed by atoms with Crippen molar-refractivity contribution in [2.24, 2.45) is 0 Å². The molecule has 0 unspecified atom stereocenters. The lowest BCUT2D eigenvalue weighted by Crippen LogP contribution is -2.49. The maximum atomic E-state index is 12.1. The minimum Gasteiger partial charge on any atom is -0.398 e. The van der Waals surface area contributed by atoms with Gasteiger partial charge in [0.05, 0.1) is 17.3 Å². The van der Waals surface area contributed by atoms with Gasteiger partial charge in [0, 0.05) is 18.7 Å². The van der Waals surface area contributed by atoms with Crippen molar-refractivity contribution in [2.75, 3.05) is 25.4 Å². The molecule has 1 saturated heterocycles. The van der Waals surface area contributed by atoms with Crippen molar-refractivity contribution in [3.63, 3.8) is 0 Å². The Labute approximate surface area is 104 Å². The highest BCUT2D eigenvalue weighted by molar-refractivity contribution is 6.33. The maximum Gasteiger partial charge on any atom is 0.254 e. The van der Waals surface area contributed by atoms with Crippen LogP contribution in [-0.2, 0) is 4.79 Å². The van der Waals surface area contributed by atoms with E-state index in [0.717, 1.165) is 0 Å². The molecule has 0 bridgehead atoms. The van der Waals surface area contributed by atoms with Gasteiger partial charge in [0.25, 0.3) is 5.91 Å². The van der Waals surface area contributed by atoms with E-state index < -0.39 is 0 Å². The number of carbonyl (C=O) groups excluding carboxylic acids is 2. The minimum absolute atomic E-state index is 0.0842. The molecule has 3 N–H and O–H groups in total. The molecule has 0 atom stereocenters. The van der Waals surface area contributed by atoms with Crippen LogP contribution in [0.15, 0.2) is 18.2 Å². The standard InChI is InChI=1S/C11H12ClN3O2/c12-8-5-7(1-2-9(8)13)11(17)15-4-3-14-10(16)6-15/h1-2,5H,3-4,6,13H2,(H,14,16). The molecule has 6 heteroatoms. The Kier molecular flexibility index (Phi) is 3.19. The Morgan fingerprint density at radius 1 is 1.47 bits per heavy atom. The molecule has 17 heavy (non-hydrogen) atoms. The van der Waals surface area contributed by atoms with Gasteiger partial charge in [-0.3, -0.25) is 9.59 Å². The van der Waals surface area contributed by atoms with Crippen molar-refractivity contribution in [2.45, 2.75) is 0 Å². The predicted molar refractivity (Wildman–Crippen MR) is 64.8 cm³/mol. The molecule has 0 saturated carbocycles. The fourth-order valence-corrected chi connectivity index (χ4v) is 1.84. The monoisotopic (exact) mass is 253 g/mol. The molecule has 0 aliphatic carbocycles. The van der Waals surface area contributed by atoms with Gasteiger partial charge in [-0.2, -0.15) is 0 Å². The van der Waals surface area contributed by atoms with Gasteiger partial charge in [-0.15, -0.1) is 0 Å². The highest BCUT2D eigenvalue weighted by Crippen LogP contribution is 2.20. The first-order valence-corrected chi connectivity index (χ1v) is 5.57. The molecule has 2 amide bonds. The number of rotatable bonds is 1. The number of nitrogens with zero attached hydrogens (tertiary/aromatic N) is 1. The van der Waals surface area contributed by atoms with Crippen LogP contribution in [0.4, 0.5) is 5.69 Å². The Morgan fingerprint density at radius 2 is 2.24 bits per heavy atom. The number of piperazine rings is 1. The number of hydrogen-bond acceptors (Lipinski definition) is 3. The number of amides is 2. The second-order valence-corrected chi connectivity index (χ2v) is 4.22. The van der Waals surface area contributed by atoms with Crippen LogP contribution in [-0.4, -0.2) is 36.3 Å². The lowest BCUT2D eigenvalue weighted by Gasteiger charge is -2.26. The lowest BCUT2D eigenvalue weighted by atomic mass is 10.1. The van der Waals surface area contributed by atoms with Crippen molar-refractivity contribution in [3.8, 4) is 0 Å². The van der Waals surface area contributed by atoms with Crippen molar-refractivity contribution < 1.29 is 9.59 Å². The smallest absolute Gasteiger partial charge is 0.254 e. The summed E-state index contributed by atoms with van der Waals surface area (Å²) in [6.45, 7) is 1.07. The summed E-state index contributed by atoms with van der Waals surface area (Å²) >= 11 is 5.85. The number of carbonyl (C=O) groups is 2. The van der Waals surface area contributed by atoms with E-state index in [0.29, 0.717) is 29.4 Å². The predicted octanol–water partition coefficient (Wildman–Crippen LogP) is 0.494. The van der Waals surface area contributed by atoms with Crippen LogP contribution in [0.2, 0.25) is 5.02 Å². The van der Waals surface area contributed by atoms with Crippen LogP contribution < -0.4 is 11.1 Å². The van der Waals surface area contributed by atoms with Gasteiger partial charge < -0.3 is 16.0 Å². The second kappa shape index (κ2) is 4.63. The lowest BCUT2D eigenvalue weighted by molar-refractivity contribution is -0.123. The number of benzene rings is 1. The molecule has 1 fully saturated rings. The molecule has 1 heterocycles. The Bertz CT molecular complexity index is 476. The average Bonchev–Trinajstić information content (AvgIpc) is 2.32. The van der Waals surface area contributed by atoms with Crippen molar-refractivity contribution in [1.82, 2.24) is 10.2 Å². The van der Waals surface area contributed by atoms with Gasteiger partial charge >= 0.3 is 0 Å². The zero-order valence-corrected chi connectivity index (χ0v) is 9.83. The molecule has 1 aliphatic heterocycles. The molecular weight excluding hydrogens is 242 g/mol. The largest absolute Gasteiger partial charge is 0.398 e. The molecule has 1 aromatic rings. The van der Waals surface area contributed by atoms with Gasteiger partial charge in [-0.05, 0) is 18.2 Å². The molecule has 1 aliphatic rings. The number of halogens is 1. The van der Waals surface area contributed by atoms with Crippen LogP contribution in [0.3, 0.4) is 0 Å². The van der Waals surface area contributed by atoms with E-state index in [2.05, 4.69) is 5.32 Å². The van der Waals surface area contributed by atoms with Crippen molar-refractivity contribution in [3.05, 3.63) is 28.8 Å². The van der Waals surface area contributed by atoms with E-state index in [1.54, 1.807) is 12.1 Å². The van der Waals surface area contributed by atoms with Crippen LogP contribution in [0.1, 0.15) is 10.4 Å². The quantitative estimate of drug-likeness (QED) is 0.716. The van der Waals surface area contributed by atoms with E-state index in [9.17, 15) is 9.59 Å². The van der Waals surface area contributed by atoms with E-state index in [4.69, 9.17) is 17.3 Å². The first-order chi connectivity index (χ1) is 8.08. The number of nitrogens with one attached hydrogen (secondary N) is 1. The highest BCUT2D eigenvalue weighted by Gasteiger charge is 2.22. The van der Waals surface area contributed by atoms with Crippen molar-refractivity contribution in [1.29, 1.82) is 0 Å². The fourth-order valence-electron chi connectivity index (χ4n) is 1.65. The number of hydrogen-bond donors (Lipinski definition) is 2. The Morgan fingerprint density at radius 3 is 2.88 bits per heavy atom. The Hall–Kier alpha value is -1.75. The third kappa shape index (κ3) is 2.50. The summed E-state index contributed by atoms with van der Waals surface area (Å²) in [4.78, 5) is 24.7. The van der Waals surface area contributed by atoms with E-state index in [-0.39, 0.29) is 18.4 Å². The van der Waals surface area contributed by atoms with E-state index in [1.165, 1.54) is 11.0 Å².